The van der Waals surface area contributed by atoms with E-state index in [-0.39, 0.29) is 5.92 Å². The Morgan fingerprint density at radius 3 is 2.89 bits per heavy atom. The van der Waals surface area contributed by atoms with Gasteiger partial charge in [0.05, 0.1) is 16.1 Å². The zero-order valence-corrected chi connectivity index (χ0v) is 11.7. The number of rotatable bonds is 2. The van der Waals surface area contributed by atoms with Gasteiger partial charge < -0.3 is 5.11 Å². The van der Waals surface area contributed by atoms with Gasteiger partial charge in [-0.3, -0.25) is 4.98 Å². The number of hydrogen-bond acceptors (Lipinski definition) is 2. The number of pyridine rings is 1. The molecule has 2 aromatic rings. The topological polar surface area (TPSA) is 33.1 Å². The van der Waals surface area contributed by atoms with Crippen molar-refractivity contribution in [2.75, 3.05) is 0 Å². The van der Waals surface area contributed by atoms with Crippen molar-refractivity contribution >= 4 is 23.2 Å². The smallest absolute Gasteiger partial charge is 0.0888 e. The maximum absolute atomic E-state index is 10.6. The average molecular weight is 294 g/mol. The third-order valence-corrected chi connectivity index (χ3v) is 4.52. The predicted molar refractivity (Wildman–Crippen MR) is 76.7 cm³/mol. The van der Waals surface area contributed by atoms with Crippen molar-refractivity contribution < 1.29 is 5.11 Å². The minimum absolute atomic E-state index is 0.00725. The second-order valence-electron chi connectivity index (χ2n) is 4.78. The first-order chi connectivity index (χ1) is 9.18. The van der Waals surface area contributed by atoms with E-state index in [2.05, 4.69) is 11.1 Å². The van der Waals surface area contributed by atoms with E-state index in [1.807, 2.05) is 12.1 Å². The van der Waals surface area contributed by atoms with E-state index in [4.69, 9.17) is 23.2 Å². The molecular weight excluding hydrogens is 281 g/mol. The summed E-state index contributed by atoms with van der Waals surface area (Å²) in [6.07, 6.45) is 2.94. The monoisotopic (exact) mass is 293 g/mol. The maximum atomic E-state index is 10.6. The van der Waals surface area contributed by atoms with Gasteiger partial charge in [0, 0.05) is 23.4 Å². The number of benzene rings is 1. The molecule has 0 bridgehead atoms. The Bertz CT molecular complexity index is 615. The van der Waals surface area contributed by atoms with Crippen LogP contribution in [0.2, 0.25) is 10.0 Å². The Labute approximate surface area is 122 Å². The number of aliphatic hydroxyl groups excluding tert-OH is 1. The molecule has 1 heterocycles. The zero-order chi connectivity index (χ0) is 13.4. The molecule has 1 aliphatic rings. The third-order valence-electron chi connectivity index (χ3n) is 3.68. The van der Waals surface area contributed by atoms with Crippen LogP contribution in [0.5, 0.6) is 0 Å². The summed E-state index contributed by atoms with van der Waals surface area (Å²) in [6.45, 7) is 0. The molecule has 2 nitrogen and oxygen atoms in total. The maximum Gasteiger partial charge on any atom is 0.0888 e. The molecule has 2 unspecified atom stereocenters. The quantitative estimate of drug-likeness (QED) is 0.902. The Hall–Kier alpha value is -1.09. The normalized spacial score (nSPS) is 19.2. The summed E-state index contributed by atoms with van der Waals surface area (Å²) in [4.78, 5) is 4.40. The molecule has 0 fully saturated rings. The lowest BCUT2D eigenvalue weighted by atomic mass is 9.93. The first-order valence-corrected chi connectivity index (χ1v) is 7.00. The lowest BCUT2D eigenvalue weighted by molar-refractivity contribution is 0.143. The SMILES string of the molecule is OC(c1cccc(Cl)c1Cl)C1CCc2cccnc21. The Morgan fingerprint density at radius 2 is 2.05 bits per heavy atom. The van der Waals surface area contributed by atoms with Crippen LogP contribution in [0.25, 0.3) is 0 Å². The minimum Gasteiger partial charge on any atom is -0.388 e. The molecule has 0 spiro atoms. The summed E-state index contributed by atoms with van der Waals surface area (Å²) in [6, 6.07) is 9.34. The molecule has 3 rings (SSSR count). The van der Waals surface area contributed by atoms with Gasteiger partial charge in [-0.05, 0) is 30.5 Å². The van der Waals surface area contributed by atoms with Crippen molar-refractivity contribution in [3.63, 3.8) is 0 Å². The zero-order valence-electron chi connectivity index (χ0n) is 10.2. The highest BCUT2D eigenvalue weighted by atomic mass is 35.5. The van der Waals surface area contributed by atoms with Gasteiger partial charge in [-0.15, -0.1) is 0 Å². The Kier molecular flexibility index (Phi) is 3.48. The molecule has 1 aromatic carbocycles. The van der Waals surface area contributed by atoms with Crippen molar-refractivity contribution in [2.45, 2.75) is 24.9 Å². The number of nitrogens with zero attached hydrogens (tertiary/aromatic N) is 1. The van der Waals surface area contributed by atoms with E-state index in [1.165, 1.54) is 5.56 Å². The first-order valence-electron chi connectivity index (χ1n) is 6.24. The third kappa shape index (κ3) is 2.25. The molecule has 1 aromatic heterocycles. The highest BCUT2D eigenvalue weighted by Gasteiger charge is 2.31. The first kappa shape index (κ1) is 12.9. The van der Waals surface area contributed by atoms with Crippen molar-refractivity contribution in [3.8, 4) is 0 Å². The fourth-order valence-electron chi connectivity index (χ4n) is 2.72. The molecule has 1 aliphatic carbocycles. The second-order valence-corrected chi connectivity index (χ2v) is 5.57. The van der Waals surface area contributed by atoms with Gasteiger partial charge in [0.15, 0.2) is 0 Å². The highest BCUT2D eigenvalue weighted by Crippen LogP contribution is 2.43. The van der Waals surface area contributed by atoms with E-state index in [0.717, 1.165) is 18.5 Å². The molecule has 0 amide bonds. The number of aryl methyl sites for hydroxylation is 1. The molecule has 19 heavy (non-hydrogen) atoms. The average Bonchev–Trinajstić information content (AvgIpc) is 2.85. The van der Waals surface area contributed by atoms with E-state index in [9.17, 15) is 5.11 Å². The molecule has 0 radical (unpaired) electrons. The van der Waals surface area contributed by atoms with Crippen LogP contribution in [0, 0.1) is 0 Å². The summed E-state index contributed by atoms with van der Waals surface area (Å²) in [5.74, 6) is -0.00725. The largest absolute Gasteiger partial charge is 0.388 e. The van der Waals surface area contributed by atoms with Crippen molar-refractivity contribution in [3.05, 3.63) is 63.4 Å². The van der Waals surface area contributed by atoms with Crippen molar-refractivity contribution in [1.82, 2.24) is 4.98 Å². The Balaban J connectivity index is 1.98. The number of halogens is 2. The van der Waals surface area contributed by atoms with Crippen molar-refractivity contribution in [1.29, 1.82) is 0 Å². The van der Waals surface area contributed by atoms with Gasteiger partial charge in [0.2, 0.25) is 0 Å². The van der Waals surface area contributed by atoms with Crippen LogP contribution in [0.3, 0.4) is 0 Å². The molecule has 98 valence electrons. The number of hydrogen-bond donors (Lipinski definition) is 1. The highest BCUT2D eigenvalue weighted by molar-refractivity contribution is 6.42. The predicted octanol–water partition coefficient (Wildman–Crippen LogP) is 4.15. The van der Waals surface area contributed by atoms with Gasteiger partial charge in [-0.25, -0.2) is 0 Å². The molecule has 0 aliphatic heterocycles. The number of fused-ring (bicyclic) bond motifs is 1. The number of aliphatic hydroxyl groups is 1. The van der Waals surface area contributed by atoms with E-state index >= 15 is 0 Å². The van der Waals surface area contributed by atoms with Crippen LogP contribution in [-0.2, 0) is 6.42 Å². The van der Waals surface area contributed by atoms with E-state index in [1.54, 1.807) is 18.3 Å². The van der Waals surface area contributed by atoms with Crippen molar-refractivity contribution in [2.24, 2.45) is 0 Å². The van der Waals surface area contributed by atoms with Crippen LogP contribution < -0.4 is 0 Å². The van der Waals surface area contributed by atoms with Gasteiger partial charge in [-0.1, -0.05) is 41.4 Å². The summed E-state index contributed by atoms with van der Waals surface area (Å²) >= 11 is 12.2. The summed E-state index contributed by atoms with van der Waals surface area (Å²) in [5.41, 5.74) is 2.87. The summed E-state index contributed by atoms with van der Waals surface area (Å²) in [7, 11) is 0. The lowest BCUT2D eigenvalue weighted by Gasteiger charge is -2.20. The Morgan fingerprint density at radius 1 is 1.21 bits per heavy atom. The molecular formula is C15H13Cl2NO. The van der Waals surface area contributed by atoms with Crippen LogP contribution in [0.1, 0.15) is 35.3 Å². The number of aromatic nitrogens is 1. The van der Waals surface area contributed by atoms with Crippen LogP contribution in [0.15, 0.2) is 36.5 Å². The van der Waals surface area contributed by atoms with Crippen LogP contribution in [0.4, 0.5) is 0 Å². The van der Waals surface area contributed by atoms with Crippen LogP contribution >= 0.6 is 23.2 Å². The molecule has 2 atom stereocenters. The molecule has 1 N–H and O–H groups in total. The van der Waals surface area contributed by atoms with Gasteiger partial charge in [-0.2, -0.15) is 0 Å². The fourth-order valence-corrected chi connectivity index (χ4v) is 3.14. The van der Waals surface area contributed by atoms with E-state index in [0.29, 0.717) is 15.6 Å². The standard InChI is InChI=1S/C15H13Cl2NO/c16-12-5-1-4-10(13(12)17)15(19)11-7-6-9-3-2-8-18-14(9)11/h1-5,8,11,15,19H,6-7H2. The molecule has 0 saturated heterocycles. The lowest BCUT2D eigenvalue weighted by Crippen LogP contribution is -2.10. The minimum atomic E-state index is -0.664. The molecule has 4 heteroatoms. The fraction of sp³-hybridized carbons (Fsp3) is 0.267. The summed E-state index contributed by atoms with van der Waals surface area (Å²) < 4.78 is 0. The van der Waals surface area contributed by atoms with Gasteiger partial charge >= 0.3 is 0 Å². The molecule has 0 saturated carbocycles. The second kappa shape index (κ2) is 5.12. The van der Waals surface area contributed by atoms with Crippen LogP contribution in [-0.4, -0.2) is 10.1 Å². The summed E-state index contributed by atoms with van der Waals surface area (Å²) in [5, 5.41) is 11.5. The van der Waals surface area contributed by atoms with Gasteiger partial charge in [0.25, 0.3) is 0 Å². The van der Waals surface area contributed by atoms with E-state index < -0.39 is 6.10 Å². The van der Waals surface area contributed by atoms with Gasteiger partial charge in [0.1, 0.15) is 0 Å².